The van der Waals surface area contributed by atoms with Crippen LogP contribution < -0.4 is 10.1 Å². The van der Waals surface area contributed by atoms with E-state index < -0.39 is 0 Å². The third kappa shape index (κ3) is 1.88. The number of carbonyl (C=O) groups is 1. The van der Waals surface area contributed by atoms with Crippen LogP contribution in [0.1, 0.15) is 0 Å². The smallest absolute Gasteiger partial charge is 0.225 e. The molecule has 5 heteroatoms. The molecular weight excluding hydrogens is 208 g/mol. The maximum absolute atomic E-state index is 10.4. The van der Waals surface area contributed by atoms with E-state index in [2.05, 4.69) is 10.3 Å². The lowest BCUT2D eigenvalue weighted by Gasteiger charge is -2.07. The van der Waals surface area contributed by atoms with E-state index in [4.69, 9.17) is 9.15 Å². The molecule has 0 fully saturated rings. The quantitative estimate of drug-likeness (QED) is 0.796. The molecule has 1 N–H and O–H groups in total. The van der Waals surface area contributed by atoms with E-state index in [9.17, 15) is 4.79 Å². The van der Waals surface area contributed by atoms with E-state index in [1.807, 2.05) is 0 Å². The second kappa shape index (κ2) is 4.48. The molecule has 0 aliphatic carbocycles. The van der Waals surface area contributed by atoms with Gasteiger partial charge in [0.15, 0.2) is 0 Å². The van der Waals surface area contributed by atoms with Crippen molar-refractivity contribution >= 4 is 12.1 Å². The van der Waals surface area contributed by atoms with Crippen molar-refractivity contribution in [1.29, 1.82) is 0 Å². The highest BCUT2D eigenvalue weighted by molar-refractivity contribution is 5.77. The molecule has 1 aromatic heterocycles. The summed E-state index contributed by atoms with van der Waals surface area (Å²) in [5.74, 6) is 1.07. The van der Waals surface area contributed by atoms with Crippen LogP contribution in [0.25, 0.3) is 11.5 Å². The topological polar surface area (TPSA) is 64.4 Å². The summed E-state index contributed by atoms with van der Waals surface area (Å²) in [5.41, 5.74) is 1.39. The van der Waals surface area contributed by atoms with Gasteiger partial charge in [0.25, 0.3) is 0 Å². The summed E-state index contributed by atoms with van der Waals surface area (Å²) in [7, 11) is 1.53. The average molecular weight is 218 g/mol. The van der Waals surface area contributed by atoms with Crippen LogP contribution in [-0.2, 0) is 4.79 Å². The van der Waals surface area contributed by atoms with E-state index >= 15 is 0 Å². The summed E-state index contributed by atoms with van der Waals surface area (Å²) < 4.78 is 10.3. The van der Waals surface area contributed by atoms with Crippen molar-refractivity contribution in [2.24, 2.45) is 0 Å². The van der Waals surface area contributed by atoms with Gasteiger partial charge in [-0.3, -0.25) is 4.79 Å². The molecule has 0 unspecified atom stereocenters. The summed E-state index contributed by atoms with van der Waals surface area (Å²) in [6.45, 7) is 0. The maximum atomic E-state index is 10.4. The van der Waals surface area contributed by atoms with Crippen LogP contribution >= 0.6 is 0 Å². The zero-order valence-electron chi connectivity index (χ0n) is 8.64. The Morgan fingerprint density at radius 2 is 2.38 bits per heavy atom. The molecule has 16 heavy (non-hydrogen) atoms. The van der Waals surface area contributed by atoms with Gasteiger partial charge in [-0.1, -0.05) is 0 Å². The maximum Gasteiger partial charge on any atom is 0.225 e. The fourth-order valence-corrected chi connectivity index (χ4v) is 1.37. The fraction of sp³-hybridized carbons (Fsp3) is 0.0909. The van der Waals surface area contributed by atoms with E-state index in [-0.39, 0.29) is 0 Å². The molecule has 0 saturated carbocycles. The van der Waals surface area contributed by atoms with E-state index in [1.54, 1.807) is 24.4 Å². The first-order valence-corrected chi connectivity index (χ1v) is 4.63. The standard InChI is InChI=1S/C11H10N2O3/c1-15-10-6-8(11-12-4-5-16-11)2-3-9(10)13-7-14/h2-7H,1H3,(H,13,14). The van der Waals surface area contributed by atoms with Gasteiger partial charge in [0, 0.05) is 5.56 Å². The highest BCUT2D eigenvalue weighted by Gasteiger charge is 2.07. The predicted octanol–water partition coefficient (Wildman–Crippen LogP) is 1.92. The van der Waals surface area contributed by atoms with Gasteiger partial charge in [-0.05, 0) is 18.2 Å². The van der Waals surface area contributed by atoms with Crippen LogP contribution in [0.5, 0.6) is 5.75 Å². The van der Waals surface area contributed by atoms with Crippen molar-refractivity contribution in [2.75, 3.05) is 12.4 Å². The molecule has 5 nitrogen and oxygen atoms in total. The third-order valence-electron chi connectivity index (χ3n) is 2.10. The van der Waals surface area contributed by atoms with Crippen molar-refractivity contribution in [1.82, 2.24) is 4.98 Å². The van der Waals surface area contributed by atoms with Gasteiger partial charge in [-0.2, -0.15) is 0 Å². The second-order valence-electron chi connectivity index (χ2n) is 3.01. The molecule has 2 rings (SSSR count). The molecular formula is C11H10N2O3. The average Bonchev–Trinajstić information content (AvgIpc) is 2.83. The summed E-state index contributed by atoms with van der Waals surface area (Å²) in [4.78, 5) is 14.4. The molecule has 0 aliphatic rings. The minimum Gasteiger partial charge on any atom is -0.495 e. The number of rotatable bonds is 4. The minimum atomic E-state index is 0.510. The molecule has 0 saturated heterocycles. The number of benzene rings is 1. The molecule has 82 valence electrons. The van der Waals surface area contributed by atoms with Crippen LogP contribution in [0.2, 0.25) is 0 Å². The number of hydrogen-bond donors (Lipinski definition) is 1. The number of oxazole rings is 1. The van der Waals surface area contributed by atoms with Gasteiger partial charge < -0.3 is 14.5 Å². The largest absolute Gasteiger partial charge is 0.495 e. The van der Waals surface area contributed by atoms with Crippen LogP contribution in [0.4, 0.5) is 5.69 Å². The van der Waals surface area contributed by atoms with Crippen LogP contribution in [-0.4, -0.2) is 18.5 Å². The molecule has 0 bridgehead atoms. The molecule has 1 heterocycles. The first kappa shape index (κ1) is 10.2. The molecule has 1 amide bonds. The normalized spacial score (nSPS) is 9.81. The highest BCUT2D eigenvalue weighted by atomic mass is 16.5. The Labute approximate surface area is 92.1 Å². The number of ether oxygens (including phenoxy) is 1. The number of aromatic nitrogens is 1. The van der Waals surface area contributed by atoms with Crippen molar-refractivity contribution in [3.05, 3.63) is 30.7 Å². The Morgan fingerprint density at radius 1 is 1.50 bits per heavy atom. The first-order chi connectivity index (χ1) is 7.85. The lowest BCUT2D eigenvalue weighted by atomic mass is 10.2. The van der Waals surface area contributed by atoms with Gasteiger partial charge >= 0.3 is 0 Å². The molecule has 0 radical (unpaired) electrons. The molecule has 0 spiro atoms. The first-order valence-electron chi connectivity index (χ1n) is 4.63. The number of hydrogen-bond acceptors (Lipinski definition) is 4. The third-order valence-corrected chi connectivity index (χ3v) is 2.10. The van der Waals surface area contributed by atoms with Gasteiger partial charge in [0.2, 0.25) is 12.3 Å². The Kier molecular flexibility index (Phi) is 2.86. The van der Waals surface area contributed by atoms with E-state index in [1.165, 1.54) is 13.4 Å². The second-order valence-corrected chi connectivity index (χ2v) is 3.01. The number of carbonyl (C=O) groups excluding carboxylic acids is 1. The minimum absolute atomic E-state index is 0.510. The van der Waals surface area contributed by atoms with Gasteiger partial charge in [0.05, 0.1) is 19.0 Å². The highest BCUT2D eigenvalue weighted by Crippen LogP contribution is 2.29. The van der Waals surface area contributed by atoms with Crippen LogP contribution in [0.3, 0.4) is 0 Å². The van der Waals surface area contributed by atoms with Crippen molar-refractivity contribution in [2.45, 2.75) is 0 Å². The zero-order valence-corrected chi connectivity index (χ0v) is 8.64. The predicted molar refractivity (Wildman–Crippen MR) is 58.2 cm³/mol. The summed E-state index contributed by atoms with van der Waals surface area (Å²) >= 11 is 0. The van der Waals surface area contributed by atoms with Gasteiger partial charge in [0.1, 0.15) is 12.0 Å². The Hall–Kier alpha value is -2.30. The number of methoxy groups -OCH3 is 1. The van der Waals surface area contributed by atoms with Crippen LogP contribution in [0, 0.1) is 0 Å². The van der Waals surface area contributed by atoms with Crippen LogP contribution in [0.15, 0.2) is 35.1 Å². The van der Waals surface area contributed by atoms with Crippen molar-refractivity contribution < 1.29 is 13.9 Å². The van der Waals surface area contributed by atoms with Gasteiger partial charge in [-0.15, -0.1) is 0 Å². The summed E-state index contributed by atoms with van der Waals surface area (Å²) in [6.07, 6.45) is 3.67. The number of nitrogens with one attached hydrogen (secondary N) is 1. The van der Waals surface area contributed by atoms with Crippen molar-refractivity contribution in [3.8, 4) is 17.2 Å². The number of amides is 1. The number of anilines is 1. The zero-order chi connectivity index (χ0) is 11.4. The Bertz CT molecular complexity index is 480. The van der Waals surface area contributed by atoms with Gasteiger partial charge in [-0.25, -0.2) is 4.98 Å². The SMILES string of the molecule is COc1cc(-c2ncco2)ccc1NC=O. The molecule has 0 aliphatic heterocycles. The Morgan fingerprint density at radius 3 is 3.00 bits per heavy atom. The monoisotopic (exact) mass is 218 g/mol. The van der Waals surface area contributed by atoms with E-state index in [0.29, 0.717) is 23.7 Å². The molecule has 0 atom stereocenters. The lowest BCUT2D eigenvalue weighted by Crippen LogP contribution is -1.97. The lowest BCUT2D eigenvalue weighted by molar-refractivity contribution is -0.105. The Balaban J connectivity index is 2.40. The summed E-state index contributed by atoms with van der Waals surface area (Å²) in [6, 6.07) is 5.27. The summed E-state index contributed by atoms with van der Waals surface area (Å²) in [5, 5.41) is 2.54. The molecule has 2 aromatic rings. The number of nitrogens with zero attached hydrogens (tertiary/aromatic N) is 1. The molecule has 1 aromatic carbocycles. The van der Waals surface area contributed by atoms with E-state index in [0.717, 1.165) is 5.56 Å². The fourth-order valence-electron chi connectivity index (χ4n) is 1.37. The van der Waals surface area contributed by atoms with Crippen molar-refractivity contribution in [3.63, 3.8) is 0 Å².